The van der Waals surface area contributed by atoms with Crippen LogP contribution in [0.4, 0.5) is 4.79 Å². The zero-order chi connectivity index (χ0) is 27.1. The highest BCUT2D eigenvalue weighted by Gasteiger charge is 2.43. The van der Waals surface area contributed by atoms with Gasteiger partial charge in [0, 0.05) is 41.9 Å². The molecule has 7 nitrogen and oxygen atoms in total. The summed E-state index contributed by atoms with van der Waals surface area (Å²) in [5, 5.41) is 0.837. The Labute approximate surface area is 235 Å². The molecule has 4 rings (SSSR count). The van der Waals surface area contributed by atoms with Crippen molar-refractivity contribution in [3.63, 3.8) is 0 Å². The van der Waals surface area contributed by atoms with Crippen molar-refractivity contribution in [2.75, 3.05) is 13.1 Å². The van der Waals surface area contributed by atoms with E-state index < -0.39 is 17.6 Å². The smallest absolute Gasteiger partial charge is 0.410 e. The molecule has 0 radical (unpaired) electrons. The van der Waals surface area contributed by atoms with Gasteiger partial charge >= 0.3 is 6.09 Å². The predicted molar refractivity (Wildman–Crippen MR) is 148 cm³/mol. The molecule has 2 heterocycles. The third-order valence-electron chi connectivity index (χ3n) is 6.69. The first-order valence-corrected chi connectivity index (χ1v) is 14.0. The number of amides is 2. The summed E-state index contributed by atoms with van der Waals surface area (Å²) in [4.78, 5) is 45.7. The number of nitrogens with zero attached hydrogens (tertiary/aromatic N) is 2. The van der Waals surface area contributed by atoms with Gasteiger partial charge in [0.25, 0.3) is 0 Å². The number of hydrogen-bond donors (Lipinski definition) is 1. The maximum Gasteiger partial charge on any atom is 0.410 e. The first-order valence-electron chi connectivity index (χ1n) is 12.4. The van der Waals surface area contributed by atoms with Crippen molar-refractivity contribution < 1.29 is 14.3 Å². The summed E-state index contributed by atoms with van der Waals surface area (Å²) in [5.74, 6) is -0.815. The van der Waals surface area contributed by atoms with Gasteiger partial charge in [-0.1, -0.05) is 39.1 Å². The molecule has 1 N–H and O–H groups in total. The molecule has 1 aliphatic heterocycles. The first kappa shape index (κ1) is 28.0. The van der Waals surface area contributed by atoms with Crippen LogP contribution in [-0.4, -0.2) is 51.5 Å². The average molecular weight is 613 g/mol. The normalized spacial score (nSPS) is 20.0. The monoisotopic (exact) mass is 611 g/mol. The Balaban J connectivity index is 1.67. The van der Waals surface area contributed by atoms with Crippen LogP contribution in [0, 0.1) is 12.8 Å². The number of pyridine rings is 1. The van der Waals surface area contributed by atoms with E-state index in [4.69, 9.17) is 27.9 Å². The number of benzene rings is 1. The molecule has 2 aromatic rings. The molecule has 2 atom stereocenters. The Bertz CT molecular complexity index is 1260. The topological polar surface area (TPSA) is 82.7 Å². The van der Waals surface area contributed by atoms with Crippen LogP contribution in [0.3, 0.4) is 0 Å². The van der Waals surface area contributed by atoms with Crippen LogP contribution < -0.4 is 5.56 Å². The lowest BCUT2D eigenvalue weighted by Crippen LogP contribution is -2.51. The van der Waals surface area contributed by atoms with E-state index >= 15 is 0 Å². The number of rotatable bonds is 5. The summed E-state index contributed by atoms with van der Waals surface area (Å²) in [6.07, 6.45) is 1.91. The number of nitrogens with one attached hydrogen (secondary N) is 1. The van der Waals surface area contributed by atoms with Crippen molar-refractivity contribution in [3.8, 4) is 0 Å². The third-order valence-corrected chi connectivity index (χ3v) is 7.99. The number of carbonyl (C=O) groups excluding carboxylic acids is 2. The van der Waals surface area contributed by atoms with E-state index in [1.54, 1.807) is 17.0 Å². The number of carbonyl (C=O) groups is 2. The molecule has 1 saturated heterocycles. The maximum absolute atomic E-state index is 14.2. The summed E-state index contributed by atoms with van der Waals surface area (Å²) < 4.78 is 6.40. The molecule has 10 heteroatoms. The second-order valence-electron chi connectivity index (χ2n) is 10.9. The zero-order valence-corrected chi connectivity index (χ0v) is 24.5. The van der Waals surface area contributed by atoms with Crippen LogP contribution in [0.2, 0.25) is 10.0 Å². The van der Waals surface area contributed by atoms with Crippen LogP contribution in [0.5, 0.6) is 0 Å². The van der Waals surface area contributed by atoms with Crippen LogP contribution in [0.15, 0.2) is 33.5 Å². The standard InChI is InChI=1S/C27H32BrCl2N3O4/c1-15-9-16(11-23(34)31-15)20-7-8-32(26(36)37-27(2,3)4)14-21(20)25(35)33(19-5-6-19)13-17-10-18(28)12-22(29)24(17)30/h9-12,19-21H,5-8,13-14H2,1-4H3,(H,31,34)/t20-,21+/m1/s1. The summed E-state index contributed by atoms with van der Waals surface area (Å²) in [6.45, 7) is 8.24. The van der Waals surface area contributed by atoms with Crippen LogP contribution in [0.1, 0.15) is 62.8 Å². The minimum Gasteiger partial charge on any atom is -0.444 e. The Kier molecular flexibility index (Phi) is 8.31. The van der Waals surface area contributed by atoms with Crippen LogP contribution >= 0.6 is 39.1 Å². The van der Waals surface area contributed by atoms with E-state index in [1.807, 2.05) is 44.7 Å². The summed E-state index contributed by atoms with van der Waals surface area (Å²) in [5.41, 5.74) is 1.45. The van der Waals surface area contributed by atoms with Crippen molar-refractivity contribution >= 4 is 51.1 Å². The lowest BCUT2D eigenvalue weighted by atomic mass is 9.79. The number of hydrogen-bond acceptors (Lipinski definition) is 4. The molecule has 1 aromatic carbocycles. The Hall–Kier alpha value is -2.03. The maximum atomic E-state index is 14.2. The number of piperidine rings is 1. The van der Waals surface area contributed by atoms with Crippen molar-refractivity contribution in [3.05, 3.63) is 66.0 Å². The average Bonchev–Trinajstić information content (AvgIpc) is 3.63. The summed E-state index contributed by atoms with van der Waals surface area (Å²) >= 11 is 16.3. The minimum absolute atomic E-state index is 0.0640. The molecule has 0 unspecified atom stereocenters. The Morgan fingerprint density at radius 1 is 1.16 bits per heavy atom. The molecule has 2 amide bonds. The predicted octanol–water partition coefficient (Wildman–Crippen LogP) is 6.28. The SMILES string of the molecule is Cc1cc([C@H]2CCN(C(=O)OC(C)(C)C)C[C@@H]2C(=O)N(Cc2cc(Br)cc(Cl)c2Cl)C2CC2)cc(=O)[nH]1. The van der Waals surface area contributed by atoms with Gasteiger partial charge in [-0.05, 0) is 82.2 Å². The van der Waals surface area contributed by atoms with E-state index in [0.717, 1.165) is 34.1 Å². The summed E-state index contributed by atoms with van der Waals surface area (Å²) in [6, 6.07) is 7.18. The van der Waals surface area contributed by atoms with Gasteiger partial charge in [-0.15, -0.1) is 0 Å². The van der Waals surface area contributed by atoms with E-state index in [0.29, 0.717) is 29.6 Å². The van der Waals surface area contributed by atoms with E-state index in [9.17, 15) is 14.4 Å². The summed E-state index contributed by atoms with van der Waals surface area (Å²) in [7, 11) is 0. The molecule has 1 saturated carbocycles. The fourth-order valence-corrected chi connectivity index (χ4v) is 5.96. The van der Waals surface area contributed by atoms with E-state index in [-0.39, 0.29) is 30.0 Å². The van der Waals surface area contributed by atoms with Crippen molar-refractivity contribution in [1.29, 1.82) is 0 Å². The highest BCUT2D eigenvalue weighted by molar-refractivity contribution is 9.10. The first-order chi connectivity index (χ1) is 17.3. The molecule has 0 bridgehead atoms. The van der Waals surface area contributed by atoms with Crippen molar-refractivity contribution in [1.82, 2.24) is 14.8 Å². The number of likely N-dealkylation sites (tertiary alicyclic amines) is 1. The number of aromatic nitrogens is 1. The minimum atomic E-state index is -0.645. The quantitative estimate of drug-likeness (QED) is 0.403. The van der Waals surface area contributed by atoms with Gasteiger partial charge in [0.15, 0.2) is 0 Å². The molecule has 200 valence electrons. The van der Waals surface area contributed by atoms with Crippen LogP contribution in [-0.2, 0) is 16.1 Å². The van der Waals surface area contributed by atoms with Gasteiger partial charge in [0.2, 0.25) is 11.5 Å². The molecular formula is C27H32BrCl2N3O4. The lowest BCUT2D eigenvalue weighted by Gasteiger charge is -2.40. The number of H-pyrrole nitrogens is 1. The lowest BCUT2D eigenvalue weighted by molar-refractivity contribution is -0.139. The van der Waals surface area contributed by atoms with E-state index in [1.165, 1.54) is 0 Å². The molecular weight excluding hydrogens is 581 g/mol. The second-order valence-corrected chi connectivity index (χ2v) is 12.6. The fourth-order valence-electron chi connectivity index (χ4n) is 4.91. The van der Waals surface area contributed by atoms with Gasteiger partial charge in [-0.2, -0.15) is 0 Å². The number of halogens is 3. The van der Waals surface area contributed by atoms with Crippen molar-refractivity contribution in [2.45, 2.75) is 71.1 Å². The third kappa shape index (κ3) is 6.89. The number of aryl methyl sites for hydroxylation is 1. The van der Waals surface area contributed by atoms with Gasteiger partial charge in [-0.3, -0.25) is 9.59 Å². The number of ether oxygens (including phenoxy) is 1. The van der Waals surface area contributed by atoms with Crippen molar-refractivity contribution in [2.24, 2.45) is 5.92 Å². The Morgan fingerprint density at radius 3 is 2.49 bits per heavy atom. The number of aromatic amines is 1. The largest absolute Gasteiger partial charge is 0.444 e. The van der Waals surface area contributed by atoms with Gasteiger partial charge in [0.05, 0.1) is 16.0 Å². The molecule has 0 spiro atoms. The Morgan fingerprint density at radius 2 is 1.86 bits per heavy atom. The van der Waals surface area contributed by atoms with Gasteiger partial charge < -0.3 is 19.5 Å². The fraction of sp³-hybridized carbons (Fsp3) is 0.519. The molecule has 37 heavy (non-hydrogen) atoms. The second kappa shape index (κ2) is 11.0. The molecule has 2 aliphatic rings. The van der Waals surface area contributed by atoms with Crippen LogP contribution in [0.25, 0.3) is 0 Å². The highest BCUT2D eigenvalue weighted by Crippen LogP contribution is 2.39. The molecule has 1 aromatic heterocycles. The van der Waals surface area contributed by atoms with Gasteiger partial charge in [0.1, 0.15) is 5.60 Å². The highest BCUT2D eigenvalue weighted by atomic mass is 79.9. The molecule has 1 aliphatic carbocycles. The zero-order valence-electron chi connectivity index (χ0n) is 21.4. The molecule has 2 fully saturated rings. The van der Waals surface area contributed by atoms with Gasteiger partial charge in [-0.25, -0.2) is 4.79 Å². The van der Waals surface area contributed by atoms with E-state index in [2.05, 4.69) is 20.9 Å².